The van der Waals surface area contributed by atoms with Crippen LogP contribution in [0.15, 0.2) is 59.7 Å². The van der Waals surface area contributed by atoms with Crippen LogP contribution in [0.5, 0.6) is 0 Å². The molecule has 0 unspecified atom stereocenters. The number of carbonyl (C=O) groups is 3. The second-order valence-electron chi connectivity index (χ2n) is 7.43. The second-order valence-corrected chi connectivity index (χ2v) is 7.43. The number of hydrogen-bond donors (Lipinski definition) is 2. The molecule has 3 amide bonds. The Morgan fingerprint density at radius 2 is 1.70 bits per heavy atom. The summed E-state index contributed by atoms with van der Waals surface area (Å²) in [5.41, 5.74) is 3.00. The molecule has 3 rings (SSSR count). The molecular weight excluding hydrogens is 380 g/mol. The van der Waals surface area contributed by atoms with Gasteiger partial charge in [0.2, 0.25) is 11.8 Å². The molecule has 2 aromatic carbocycles. The number of rotatable bonds is 7. The van der Waals surface area contributed by atoms with E-state index < -0.39 is 0 Å². The first-order valence-corrected chi connectivity index (χ1v) is 10.1. The van der Waals surface area contributed by atoms with Gasteiger partial charge in [-0.25, -0.2) is 5.01 Å². The van der Waals surface area contributed by atoms with Crippen molar-refractivity contribution in [3.63, 3.8) is 0 Å². The molecule has 0 saturated carbocycles. The zero-order chi connectivity index (χ0) is 21.5. The third-order valence-corrected chi connectivity index (χ3v) is 4.61. The fraction of sp³-hybridized carbons (Fsp3) is 0.304. The number of amides is 3. The normalized spacial score (nSPS) is 13.2. The van der Waals surface area contributed by atoms with Gasteiger partial charge in [0.15, 0.2) is 0 Å². The zero-order valence-electron chi connectivity index (χ0n) is 17.2. The van der Waals surface area contributed by atoms with Gasteiger partial charge in [0.05, 0.1) is 12.3 Å². The largest absolute Gasteiger partial charge is 0.350 e. The first kappa shape index (κ1) is 21.2. The molecule has 0 aliphatic carbocycles. The maximum absolute atomic E-state index is 12.4. The Hall–Kier alpha value is -3.48. The summed E-state index contributed by atoms with van der Waals surface area (Å²) >= 11 is 0. The van der Waals surface area contributed by atoms with Gasteiger partial charge in [-0.1, -0.05) is 30.3 Å². The lowest BCUT2D eigenvalue weighted by Gasteiger charge is -2.11. The number of hydrogen-bond acceptors (Lipinski definition) is 4. The van der Waals surface area contributed by atoms with E-state index in [0.717, 1.165) is 11.3 Å². The quantitative estimate of drug-likeness (QED) is 0.740. The van der Waals surface area contributed by atoms with Crippen LogP contribution in [0.3, 0.4) is 0 Å². The van der Waals surface area contributed by atoms with Crippen molar-refractivity contribution < 1.29 is 14.4 Å². The number of carbonyl (C=O) groups excluding carboxylic acids is 3. The third-order valence-electron chi connectivity index (χ3n) is 4.61. The van der Waals surface area contributed by atoms with Gasteiger partial charge in [-0.05, 0) is 43.7 Å². The summed E-state index contributed by atoms with van der Waals surface area (Å²) in [6.07, 6.45) is 0.867. The van der Waals surface area contributed by atoms with E-state index in [2.05, 4.69) is 15.7 Å². The predicted molar refractivity (Wildman–Crippen MR) is 116 cm³/mol. The molecule has 0 aromatic heterocycles. The molecule has 2 N–H and O–H groups in total. The van der Waals surface area contributed by atoms with E-state index in [9.17, 15) is 14.4 Å². The van der Waals surface area contributed by atoms with Crippen molar-refractivity contribution in [1.29, 1.82) is 0 Å². The zero-order valence-corrected chi connectivity index (χ0v) is 17.2. The van der Waals surface area contributed by atoms with Gasteiger partial charge in [-0.3, -0.25) is 14.4 Å². The molecule has 0 fully saturated rings. The van der Waals surface area contributed by atoms with E-state index in [1.54, 1.807) is 24.3 Å². The van der Waals surface area contributed by atoms with Crippen molar-refractivity contribution in [2.24, 2.45) is 5.10 Å². The van der Waals surface area contributed by atoms with Gasteiger partial charge in [-0.15, -0.1) is 0 Å². The summed E-state index contributed by atoms with van der Waals surface area (Å²) in [4.78, 5) is 36.5. The van der Waals surface area contributed by atoms with Gasteiger partial charge >= 0.3 is 0 Å². The van der Waals surface area contributed by atoms with Crippen LogP contribution in [0.2, 0.25) is 0 Å². The Kier molecular flexibility index (Phi) is 6.95. The van der Waals surface area contributed by atoms with E-state index in [0.29, 0.717) is 24.2 Å². The fourth-order valence-corrected chi connectivity index (χ4v) is 3.09. The lowest BCUT2D eigenvalue weighted by molar-refractivity contribution is -0.132. The second kappa shape index (κ2) is 9.82. The van der Waals surface area contributed by atoms with Gasteiger partial charge in [0, 0.05) is 36.6 Å². The van der Waals surface area contributed by atoms with Crippen molar-refractivity contribution in [1.82, 2.24) is 10.3 Å². The number of hydrazone groups is 1. The van der Waals surface area contributed by atoms with Crippen LogP contribution >= 0.6 is 0 Å². The Bertz CT molecular complexity index is 937. The number of anilines is 1. The molecule has 2 aromatic rings. The van der Waals surface area contributed by atoms with Crippen LogP contribution in [0.1, 0.15) is 49.0 Å². The van der Waals surface area contributed by atoms with E-state index >= 15 is 0 Å². The fourth-order valence-electron chi connectivity index (χ4n) is 3.09. The minimum absolute atomic E-state index is 0.0538. The number of nitrogens with zero attached hydrogens (tertiary/aromatic N) is 2. The molecule has 1 aliphatic heterocycles. The van der Waals surface area contributed by atoms with Gasteiger partial charge in [0.25, 0.3) is 5.91 Å². The minimum Gasteiger partial charge on any atom is -0.350 e. The third kappa shape index (κ3) is 5.76. The van der Waals surface area contributed by atoms with Crippen molar-refractivity contribution in [2.45, 2.75) is 39.2 Å². The molecule has 1 heterocycles. The van der Waals surface area contributed by atoms with Crippen LogP contribution in [0.4, 0.5) is 5.69 Å². The summed E-state index contributed by atoms with van der Waals surface area (Å²) in [6, 6.07) is 16.5. The minimum atomic E-state index is -0.255. The predicted octanol–water partition coefficient (Wildman–Crippen LogP) is 3.18. The monoisotopic (exact) mass is 406 g/mol. The molecule has 1 aliphatic rings. The van der Waals surface area contributed by atoms with Gasteiger partial charge in [-0.2, -0.15) is 5.10 Å². The Balaban J connectivity index is 1.47. The van der Waals surface area contributed by atoms with Gasteiger partial charge < -0.3 is 10.6 Å². The van der Waals surface area contributed by atoms with E-state index in [1.165, 1.54) is 5.01 Å². The molecule has 0 bridgehead atoms. The number of benzene rings is 2. The highest BCUT2D eigenvalue weighted by molar-refractivity contribution is 6.03. The molecule has 156 valence electrons. The topological polar surface area (TPSA) is 90.9 Å². The van der Waals surface area contributed by atoms with Crippen molar-refractivity contribution in [2.75, 3.05) is 11.9 Å². The van der Waals surface area contributed by atoms with Crippen molar-refractivity contribution in [3.05, 3.63) is 65.7 Å². The van der Waals surface area contributed by atoms with E-state index in [-0.39, 0.29) is 36.6 Å². The van der Waals surface area contributed by atoms with Crippen LogP contribution in [0.25, 0.3) is 0 Å². The Morgan fingerprint density at radius 1 is 1.00 bits per heavy atom. The summed E-state index contributed by atoms with van der Waals surface area (Å²) in [5, 5.41) is 11.4. The van der Waals surface area contributed by atoms with Crippen molar-refractivity contribution >= 4 is 29.1 Å². The summed E-state index contributed by atoms with van der Waals surface area (Å²) < 4.78 is 0. The maximum atomic E-state index is 12.4. The van der Waals surface area contributed by atoms with Crippen LogP contribution in [-0.4, -0.2) is 41.0 Å². The maximum Gasteiger partial charge on any atom is 0.251 e. The first-order valence-electron chi connectivity index (χ1n) is 10.1. The average molecular weight is 406 g/mol. The smallest absolute Gasteiger partial charge is 0.251 e. The average Bonchev–Trinajstić information content (AvgIpc) is 3.23. The molecule has 7 heteroatoms. The summed E-state index contributed by atoms with van der Waals surface area (Å²) in [5.74, 6) is -0.583. The molecule has 0 spiro atoms. The van der Waals surface area contributed by atoms with E-state index in [1.807, 2.05) is 44.2 Å². The molecule has 0 atom stereocenters. The lowest BCUT2D eigenvalue weighted by atomic mass is 10.1. The Morgan fingerprint density at radius 3 is 2.37 bits per heavy atom. The highest BCUT2D eigenvalue weighted by Crippen LogP contribution is 2.15. The summed E-state index contributed by atoms with van der Waals surface area (Å²) in [7, 11) is 0. The van der Waals surface area contributed by atoms with Crippen LogP contribution in [0, 0.1) is 0 Å². The highest BCUT2D eigenvalue weighted by atomic mass is 16.2. The molecule has 7 nitrogen and oxygen atoms in total. The SMILES string of the molecule is CC(C)NC(=O)c1ccc(NC(=O)CCC(=O)N2CCC(c3ccccc3)=N2)cc1. The van der Waals surface area contributed by atoms with Crippen molar-refractivity contribution in [3.8, 4) is 0 Å². The van der Waals surface area contributed by atoms with Crippen LogP contribution < -0.4 is 10.6 Å². The highest BCUT2D eigenvalue weighted by Gasteiger charge is 2.22. The molecular formula is C23H26N4O3. The van der Waals surface area contributed by atoms with E-state index in [4.69, 9.17) is 0 Å². The Labute approximate surface area is 176 Å². The lowest BCUT2D eigenvalue weighted by Crippen LogP contribution is -2.30. The van der Waals surface area contributed by atoms with Crippen LogP contribution in [-0.2, 0) is 9.59 Å². The first-order chi connectivity index (χ1) is 14.4. The van der Waals surface area contributed by atoms with Gasteiger partial charge in [0.1, 0.15) is 0 Å². The molecule has 0 saturated heterocycles. The number of nitrogens with one attached hydrogen (secondary N) is 2. The summed E-state index contributed by atoms with van der Waals surface area (Å²) in [6.45, 7) is 4.32. The molecule has 30 heavy (non-hydrogen) atoms. The molecule has 0 radical (unpaired) electrons. The standard InChI is InChI=1S/C23H26N4O3/c1-16(2)24-23(30)18-8-10-19(11-9-18)25-21(28)12-13-22(29)27-15-14-20(26-27)17-6-4-3-5-7-17/h3-11,16H,12-15H2,1-2H3,(H,24,30)(H,25,28).